The van der Waals surface area contributed by atoms with Gasteiger partial charge in [0.25, 0.3) is 5.91 Å². The second kappa shape index (κ2) is 12.7. The first-order valence-corrected chi connectivity index (χ1v) is 12.9. The Balaban J connectivity index is 1.60. The first kappa shape index (κ1) is 29.3. The van der Waals surface area contributed by atoms with E-state index < -0.39 is 23.9 Å². The number of hydrogen-bond acceptors (Lipinski definition) is 8. The van der Waals surface area contributed by atoms with Crippen LogP contribution in [0.3, 0.4) is 0 Å². The summed E-state index contributed by atoms with van der Waals surface area (Å²) >= 11 is 0.943. The molecule has 1 aliphatic rings. The van der Waals surface area contributed by atoms with Gasteiger partial charge in [0, 0.05) is 0 Å². The number of benzene rings is 3. The molecule has 2 amide bonds. The Bertz CT molecular complexity index is 1470. The first-order valence-electron chi connectivity index (χ1n) is 11.9. The molecule has 0 radical (unpaired) electrons. The molecule has 3 aromatic carbocycles. The van der Waals surface area contributed by atoms with E-state index in [0.29, 0.717) is 28.5 Å². The highest BCUT2D eigenvalue weighted by molar-refractivity contribution is 8.14. The van der Waals surface area contributed by atoms with E-state index >= 15 is 0 Å². The van der Waals surface area contributed by atoms with Crippen molar-refractivity contribution in [1.82, 2.24) is 0 Å². The Morgan fingerprint density at radius 3 is 2.20 bits per heavy atom. The van der Waals surface area contributed by atoms with Gasteiger partial charge in [0.05, 0.1) is 38.5 Å². The molecule has 0 spiro atoms. The van der Waals surface area contributed by atoms with Gasteiger partial charge in [0.2, 0.25) is 11.7 Å². The number of thioether (sulfide) groups is 1. The summed E-state index contributed by atoms with van der Waals surface area (Å²) in [5.74, 6) is -0.729. The molecule has 0 saturated heterocycles. The molecule has 0 fully saturated rings. The van der Waals surface area contributed by atoms with Crippen LogP contribution < -0.4 is 29.2 Å². The topological polar surface area (TPSA) is 98.7 Å². The summed E-state index contributed by atoms with van der Waals surface area (Å²) in [6, 6.07) is 17.2. The molecule has 0 unspecified atom stereocenters. The molecule has 0 aromatic heterocycles. The van der Waals surface area contributed by atoms with E-state index in [1.807, 2.05) is 0 Å². The number of para-hydroxylation sites is 3. The lowest BCUT2D eigenvalue weighted by Crippen LogP contribution is -2.31. The molecule has 3 aromatic rings. The minimum absolute atomic E-state index is 0.0787. The minimum atomic E-state index is -4.93. The number of alkyl halides is 3. The molecule has 0 bridgehead atoms. The summed E-state index contributed by atoms with van der Waals surface area (Å²) in [7, 11) is 4.41. The lowest BCUT2D eigenvalue weighted by Gasteiger charge is -2.18. The molecule has 1 N–H and O–H groups in total. The number of halogens is 3. The van der Waals surface area contributed by atoms with Crippen LogP contribution in [0.4, 0.5) is 24.5 Å². The van der Waals surface area contributed by atoms with Crippen LogP contribution >= 0.6 is 11.8 Å². The number of rotatable bonds is 9. The van der Waals surface area contributed by atoms with Gasteiger partial charge in [-0.25, -0.2) is 4.99 Å². The summed E-state index contributed by atoms with van der Waals surface area (Å²) in [5, 5.41) is 2.62. The fourth-order valence-corrected chi connectivity index (χ4v) is 4.65. The Morgan fingerprint density at radius 2 is 1.59 bits per heavy atom. The van der Waals surface area contributed by atoms with E-state index in [-0.39, 0.29) is 22.3 Å². The second-order valence-corrected chi connectivity index (χ2v) is 9.18. The number of methoxy groups -OCH3 is 3. The van der Waals surface area contributed by atoms with E-state index in [1.165, 1.54) is 44.4 Å². The number of amidine groups is 1. The predicted molar refractivity (Wildman–Crippen MR) is 150 cm³/mol. The van der Waals surface area contributed by atoms with Crippen molar-refractivity contribution in [3.8, 4) is 23.0 Å². The second-order valence-electron chi connectivity index (χ2n) is 8.24. The fraction of sp³-hybridized carbons (Fsp3) is 0.179. The van der Waals surface area contributed by atoms with Crippen molar-refractivity contribution in [3.63, 3.8) is 0 Å². The standard InChI is InChI=1S/C28H24F3N3O6S/c1-37-22-14-17(15-23(38-2)25(22)39-3)13-20-26(36)34(18-9-5-4-6-10-18)27(33-20)41-16-24(35)32-19-11-7-8-12-21(19)40-28(29,30)31/h4-15H,16H2,1-3H3,(H,32,35)/b20-13+. The summed E-state index contributed by atoms with van der Waals surface area (Å²) in [4.78, 5) is 32.0. The summed E-state index contributed by atoms with van der Waals surface area (Å²) < 4.78 is 58.4. The SMILES string of the molecule is COc1cc(/C=C2/N=C(SCC(=O)Nc3ccccc3OC(F)(F)F)N(c3ccccc3)C2=O)cc(OC)c1OC. The van der Waals surface area contributed by atoms with Gasteiger partial charge in [0.1, 0.15) is 5.70 Å². The number of anilines is 2. The zero-order valence-corrected chi connectivity index (χ0v) is 22.8. The number of ether oxygens (including phenoxy) is 4. The first-order chi connectivity index (χ1) is 19.6. The molecule has 214 valence electrons. The van der Waals surface area contributed by atoms with Crippen LogP contribution in [0.15, 0.2) is 77.4 Å². The van der Waals surface area contributed by atoms with E-state index in [4.69, 9.17) is 14.2 Å². The number of nitrogens with one attached hydrogen (secondary N) is 1. The number of aliphatic imine (C=N–C) groups is 1. The van der Waals surface area contributed by atoms with E-state index in [2.05, 4.69) is 15.0 Å². The van der Waals surface area contributed by atoms with Gasteiger partial charge in [-0.05, 0) is 48.0 Å². The van der Waals surface area contributed by atoms with Gasteiger partial charge >= 0.3 is 6.36 Å². The predicted octanol–water partition coefficient (Wildman–Crippen LogP) is 5.73. The third-order valence-electron chi connectivity index (χ3n) is 5.55. The average molecular weight is 588 g/mol. The molecule has 4 rings (SSSR count). The zero-order chi connectivity index (χ0) is 29.6. The van der Waals surface area contributed by atoms with Crippen molar-refractivity contribution in [2.24, 2.45) is 4.99 Å². The van der Waals surface area contributed by atoms with Gasteiger partial charge in [-0.15, -0.1) is 13.2 Å². The summed E-state index contributed by atoms with van der Waals surface area (Å²) in [5.41, 5.74) is 0.990. The van der Waals surface area contributed by atoms with E-state index in [1.54, 1.807) is 48.5 Å². The maximum atomic E-state index is 13.5. The maximum Gasteiger partial charge on any atom is 0.573 e. The molecule has 9 nitrogen and oxygen atoms in total. The number of hydrogen-bond donors (Lipinski definition) is 1. The van der Waals surface area contributed by atoms with Crippen molar-refractivity contribution in [2.45, 2.75) is 6.36 Å². The normalized spacial score (nSPS) is 14.1. The average Bonchev–Trinajstić information content (AvgIpc) is 3.26. The van der Waals surface area contributed by atoms with Crippen LogP contribution in [-0.2, 0) is 9.59 Å². The molecule has 0 atom stereocenters. The Morgan fingerprint density at radius 1 is 0.951 bits per heavy atom. The highest BCUT2D eigenvalue weighted by Gasteiger charge is 2.34. The van der Waals surface area contributed by atoms with Gasteiger partial charge in [-0.1, -0.05) is 42.1 Å². The van der Waals surface area contributed by atoms with Crippen molar-refractivity contribution in [2.75, 3.05) is 37.3 Å². The number of nitrogens with zero attached hydrogens (tertiary/aromatic N) is 2. The van der Waals surface area contributed by atoms with Crippen LogP contribution in [0, 0.1) is 0 Å². The largest absolute Gasteiger partial charge is 0.573 e. The monoisotopic (exact) mass is 587 g/mol. The molecule has 0 aliphatic carbocycles. The van der Waals surface area contributed by atoms with Crippen LogP contribution in [-0.4, -0.2) is 50.4 Å². The lowest BCUT2D eigenvalue weighted by atomic mass is 10.1. The fourth-order valence-electron chi connectivity index (χ4n) is 3.84. The van der Waals surface area contributed by atoms with Crippen LogP contribution in [0.5, 0.6) is 23.0 Å². The molecule has 1 aliphatic heterocycles. The van der Waals surface area contributed by atoms with Gasteiger partial charge in [0.15, 0.2) is 22.4 Å². The van der Waals surface area contributed by atoms with Crippen molar-refractivity contribution in [1.29, 1.82) is 0 Å². The van der Waals surface area contributed by atoms with Crippen molar-refractivity contribution >= 4 is 46.2 Å². The van der Waals surface area contributed by atoms with Gasteiger partial charge < -0.3 is 24.3 Å². The summed E-state index contributed by atoms with van der Waals surface area (Å²) in [6.07, 6.45) is -3.38. The summed E-state index contributed by atoms with van der Waals surface area (Å²) in [6.45, 7) is 0. The van der Waals surface area contributed by atoms with Crippen molar-refractivity contribution in [3.05, 3.63) is 78.0 Å². The lowest BCUT2D eigenvalue weighted by molar-refractivity contribution is -0.274. The molecular weight excluding hydrogens is 563 g/mol. The van der Waals surface area contributed by atoms with Crippen molar-refractivity contribution < 1.29 is 41.7 Å². The Kier molecular flexibility index (Phi) is 9.07. The maximum absolute atomic E-state index is 13.5. The van der Waals surface area contributed by atoms with Crippen LogP contribution in [0.1, 0.15) is 5.56 Å². The molecule has 1 heterocycles. The Labute approximate surface area is 237 Å². The smallest absolute Gasteiger partial charge is 0.493 e. The zero-order valence-electron chi connectivity index (χ0n) is 22.0. The van der Waals surface area contributed by atoms with Gasteiger partial charge in [-0.3, -0.25) is 14.5 Å². The highest BCUT2D eigenvalue weighted by atomic mass is 32.2. The number of carbonyl (C=O) groups excluding carboxylic acids is 2. The van der Waals surface area contributed by atoms with E-state index in [0.717, 1.165) is 17.8 Å². The number of carbonyl (C=O) groups is 2. The highest BCUT2D eigenvalue weighted by Crippen LogP contribution is 2.39. The Hall–Kier alpha value is -4.65. The van der Waals surface area contributed by atoms with Crippen LogP contribution in [0.2, 0.25) is 0 Å². The third-order valence-corrected chi connectivity index (χ3v) is 6.49. The van der Waals surface area contributed by atoms with Crippen LogP contribution in [0.25, 0.3) is 6.08 Å². The molecule has 41 heavy (non-hydrogen) atoms. The molecule has 0 saturated carbocycles. The minimum Gasteiger partial charge on any atom is -0.493 e. The molecular formula is C28H24F3N3O6S. The quantitative estimate of drug-likeness (QED) is 0.320. The third kappa shape index (κ3) is 7.11. The van der Waals surface area contributed by atoms with E-state index in [9.17, 15) is 22.8 Å². The number of amides is 2. The van der Waals surface area contributed by atoms with Gasteiger partial charge in [-0.2, -0.15) is 0 Å². The molecule has 13 heteroatoms.